The molecule has 0 spiro atoms. The number of amides is 1. The van der Waals surface area contributed by atoms with Crippen LogP contribution in [-0.4, -0.2) is 26.0 Å². The zero-order valence-electron chi connectivity index (χ0n) is 13.0. The molecule has 22 heavy (non-hydrogen) atoms. The van der Waals surface area contributed by atoms with E-state index in [2.05, 4.69) is 39.3 Å². The van der Waals surface area contributed by atoms with Crippen molar-refractivity contribution >= 4 is 5.91 Å². The van der Waals surface area contributed by atoms with Gasteiger partial charge < -0.3 is 14.8 Å². The molecule has 2 heterocycles. The van der Waals surface area contributed by atoms with Gasteiger partial charge in [0.25, 0.3) is 11.5 Å². The summed E-state index contributed by atoms with van der Waals surface area (Å²) in [5, 5.41) is 6.51. The molecule has 2 aromatic rings. The minimum atomic E-state index is -0.537. The molecule has 2 N–H and O–H groups in total. The Labute approximate surface area is 127 Å². The number of carbonyl (C=O) groups excluding carboxylic acids is 1. The molecule has 0 aliphatic heterocycles. The molecule has 0 radical (unpaired) electrons. The molecule has 8 heteroatoms. The topological polar surface area (TPSA) is 114 Å². The third kappa shape index (κ3) is 3.78. The Morgan fingerprint density at radius 1 is 1.41 bits per heavy atom. The standard InChI is InChI=1S/C14H19N5O3/c1-7(2)5-11-18-14(22-19-11)8(3)16-12(20)10-6-15-9(4)17-13(10)21/h6-8H,5H2,1-4H3,(H,16,20)(H,15,17,21)/t8-/m1/s1. The third-order valence-electron chi connectivity index (χ3n) is 2.96. The first-order valence-corrected chi connectivity index (χ1v) is 7.06. The maximum absolute atomic E-state index is 12.1. The zero-order valence-corrected chi connectivity index (χ0v) is 13.0. The van der Waals surface area contributed by atoms with Crippen LogP contribution in [0.25, 0.3) is 0 Å². The van der Waals surface area contributed by atoms with Gasteiger partial charge in [-0.3, -0.25) is 9.59 Å². The number of aromatic amines is 1. The van der Waals surface area contributed by atoms with Gasteiger partial charge in [0.1, 0.15) is 17.4 Å². The first kappa shape index (κ1) is 15.9. The molecule has 0 saturated carbocycles. The summed E-state index contributed by atoms with van der Waals surface area (Å²) in [5.74, 6) is 1.23. The van der Waals surface area contributed by atoms with Crippen molar-refractivity contribution in [2.24, 2.45) is 5.92 Å². The molecular weight excluding hydrogens is 286 g/mol. The molecule has 0 fully saturated rings. The summed E-state index contributed by atoms with van der Waals surface area (Å²) in [7, 11) is 0. The fourth-order valence-corrected chi connectivity index (χ4v) is 1.87. The minimum Gasteiger partial charge on any atom is -0.340 e. The second kappa shape index (κ2) is 6.50. The predicted octanol–water partition coefficient (Wildman–Crippen LogP) is 1.15. The van der Waals surface area contributed by atoms with E-state index in [-0.39, 0.29) is 5.56 Å². The quantitative estimate of drug-likeness (QED) is 0.856. The van der Waals surface area contributed by atoms with Crippen LogP contribution >= 0.6 is 0 Å². The van der Waals surface area contributed by atoms with Crippen molar-refractivity contribution in [1.29, 1.82) is 0 Å². The largest absolute Gasteiger partial charge is 0.340 e. The lowest BCUT2D eigenvalue weighted by Crippen LogP contribution is -2.32. The van der Waals surface area contributed by atoms with Crippen molar-refractivity contribution in [3.8, 4) is 0 Å². The van der Waals surface area contributed by atoms with Crippen LogP contribution in [0.15, 0.2) is 15.5 Å². The summed E-state index contributed by atoms with van der Waals surface area (Å²) in [6.07, 6.45) is 1.94. The number of nitrogens with one attached hydrogen (secondary N) is 2. The second-order valence-corrected chi connectivity index (χ2v) is 5.55. The van der Waals surface area contributed by atoms with Crippen molar-refractivity contribution in [2.45, 2.75) is 40.2 Å². The fraction of sp³-hybridized carbons (Fsp3) is 0.500. The van der Waals surface area contributed by atoms with Crippen LogP contribution in [0.3, 0.4) is 0 Å². The first-order chi connectivity index (χ1) is 10.4. The van der Waals surface area contributed by atoms with Gasteiger partial charge in [-0.15, -0.1) is 0 Å². The van der Waals surface area contributed by atoms with Crippen molar-refractivity contribution < 1.29 is 9.32 Å². The highest BCUT2D eigenvalue weighted by Gasteiger charge is 2.19. The van der Waals surface area contributed by atoms with E-state index in [9.17, 15) is 9.59 Å². The van der Waals surface area contributed by atoms with Gasteiger partial charge in [0, 0.05) is 12.6 Å². The normalized spacial score (nSPS) is 12.4. The van der Waals surface area contributed by atoms with Gasteiger partial charge in [-0.05, 0) is 19.8 Å². The minimum absolute atomic E-state index is 0.0561. The Kier molecular flexibility index (Phi) is 4.69. The first-order valence-electron chi connectivity index (χ1n) is 7.06. The number of hydrogen-bond donors (Lipinski definition) is 2. The lowest BCUT2D eigenvalue weighted by atomic mass is 10.1. The van der Waals surface area contributed by atoms with Gasteiger partial charge in [-0.1, -0.05) is 19.0 Å². The highest BCUT2D eigenvalue weighted by atomic mass is 16.5. The molecule has 0 saturated heterocycles. The third-order valence-corrected chi connectivity index (χ3v) is 2.96. The lowest BCUT2D eigenvalue weighted by molar-refractivity contribution is 0.0930. The average molecular weight is 305 g/mol. The molecule has 0 aliphatic rings. The number of rotatable bonds is 5. The molecule has 0 aromatic carbocycles. The summed E-state index contributed by atoms with van der Waals surface area (Å²) in [6.45, 7) is 7.45. The Morgan fingerprint density at radius 3 is 2.77 bits per heavy atom. The lowest BCUT2D eigenvalue weighted by Gasteiger charge is -2.09. The van der Waals surface area contributed by atoms with Gasteiger partial charge in [0.2, 0.25) is 5.89 Å². The van der Waals surface area contributed by atoms with Gasteiger partial charge in [-0.25, -0.2) is 4.98 Å². The molecule has 0 aliphatic carbocycles. The van der Waals surface area contributed by atoms with E-state index in [0.29, 0.717) is 29.9 Å². The Bertz CT molecular complexity index is 719. The fourth-order valence-electron chi connectivity index (χ4n) is 1.87. The van der Waals surface area contributed by atoms with Gasteiger partial charge in [0.15, 0.2) is 5.82 Å². The van der Waals surface area contributed by atoms with E-state index < -0.39 is 17.5 Å². The van der Waals surface area contributed by atoms with Crippen molar-refractivity contribution in [1.82, 2.24) is 25.4 Å². The van der Waals surface area contributed by atoms with Crippen LogP contribution in [0.4, 0.5) is 0 Å². The summed E-state index contributed by atoms with van der Waals surface area (Å²) in [5.41, 5.74) is -0.539. The molecule has 8 nitrogen and oxygen atoms in total. The molecule has 118 valence electrons. The van der Waals surface area contributed by atoms with Gasteiger partial charge >= 0.3 is 0 Å². The maximum atomic E-state index is 12.1. The molecule has 0 bridgehead atoms. The second-order valence-electron chi connectivity index (χ2n) is 5.55. The zero-order chi connectivity index (χ0) is 16.3. The molecule has 2 rings (SSSR count). The number of aromatic nitrogens is 4. The number of carbonyl (C=O) groups is 1. The summed E-state index contributed by atoms with van der Waals surface area (Å²) < 4.78 is 5.14. The molecule has 1 amide bonds. The smallest absolute Gasteiger partial charge is 0.263 e. The van der Waals surface area contributed by atoms with Crippen LogP contribution in [-0.2, 0) is 6.42 Å². The average Bonchev–Trinajstić information content (AvgIpc) is 2.86. The van der Waals surface area contributed by atoms with Crippen molar-refractivity contribution in [3.63, 3.8) is 0 Å². The molecular formula is C14H19N5O3. The van der Waals surface area contributed by atoms with E-state index in [0.717, 1.165) is 0 Å². The maximum Gasteiger partial charge on any atom is 0.263 e. The highest BCUT2D eigenvalue weighted by molar-refractivity contribution is 5.93. The van der Waals surface area contributed by atoms with E-state index >= 15 is 0 Å². The Hall–Kier alpha value is -2.51. The predicted molar refractivity (Wildman–Crippen MR) is 78.3 cm³/mol. The van der Waals surface area contributed by atoms with Crippen LogP contribution in [0.5, 0.6) is 0 Å². The monoisotopic (exact) mass is 305 g/mol. The van der Waals surface area contributed by atoms with Crippen molar-refractivity contribution in [3.05, 3.63) is 39.7 Å². The van der Waals surface area contributed by atoms with E-state index in [1.54, 1.807) is 13.8 Å². The van der Waals surface area contributed by atoms with Gasteiger partial charge in [0.05, 0.1) is 0 Å². The van der Waals surface area contributed by atoms with Crippen LogP contribution in [0.1, 0.15) is 54.7 Å². The number of nitrogens with zero attached hydrogens (tertiary/aromatic N) is 3. The molecule has 0 unspecified atom stereocenters. The van der Waals surface area contributed by atoms with Gasteiger partial charge in [-0.2, -0.15) is 4.98 Å². The number of H-pyrrole nitrogens is 1. The number of aryl methyl sites for hydroxylation is 1. The van der Waals surface area contributed by atoms with Crippen LogP contribution in [0, 0.1) is 12.8 Å². The van der Waals surface area contributed by atoms with Crippen molar-refractivity contribution in [2.75, 3.05) is 0 Å². The summed E-state index contributed by atoms with van der Waals surface area (Å²) >= 11 is 0. The van der Waals surface area contributed by atoms with E-state index in [1.807, 2.05) is 0 Å². The van der Waals surface area contributed by atoms with Crippen LogP contribution in [0.2, 0.25) is 0 Å². The Morgan fingerprint density at radius 2 is 2.14 bits per heavy atom. The highest BCUT2D eigenvalue weighted by Crippen LogP contribution is 2.12. The molecule has 1 atom stereocenters. The van der Waals surface area contributed by atoms with E-state index in [4.69, 9.17) is 4.52 Å². The SMILES string of the molecule is Cc1ncc(C(=O)N[C@H](C)c2nc(CC(C)C)no2)c(=O)[nH]1. The summed E-state index contributed by atoms with van der Waals surface area (Å²) in [4.78, 5) is 34.4. The number of hydrogen-bond acceptors (Lipinski definition) is 6. The molecule has 2 aromatic heterocycles. The Balaban J connectivity index is 2.07. The van der Waals surface area contributed by atoms with E-state index in [1.165, 1.54) is 6.20 Å². The summed E-state index contributed by atoms with van der Waals surface area (Å²) in [6, 6.07) is -0.499. The van der Waals surface area contributed by atoms with Crippen LogP contribution < -0.4 is 10.9 Å².